The second kappa shape index (κ2) is 4.90. The summed E-state index contributed by atoms with van der Waals surface area (Å²) in [5.74, 6) is 0. The fourth-order valence-corrected chi connectivity index (χ4v) is 1.03. The van der Waals surface area contributed by atoms with Gasteiger partial charge < -0.3 is 15.0 Å². The first-order valence-electron chi connectivity index (χ1n) is 4.13. The Kier molecular flexibility index (Phi) is 3.76. The second-order valence-electron chi connectivity index (χ2n) is 2.68. The van der Waals surface area contributed by atoms with Gasteiger partial charge in [-0.05, 0) is 7.05 Å². The molecule has 1 rings (SSSR count). The second-order valence-corrected chi connectivity index (χ2v) is 2.68. The number of nitrogens with one attached hydrogen (secondary N) is 1. The predicted octanol–water partition coefficient (Wildman–Crippen LogP) is -0.363. The molecule has 4 heteroatoms. The van der Waals surface area contributed by atoms with Crippen molar-refractivity contribution in [2.24, 2.45) is 0 Å². The number of imidazole rings is 1. The molecule has 0 aliphatic heterocycles. The van der Waals surface area contributed by atoms with Gasteiger partial charge in [-0.1, -0.05) is 0 Å². The molecule has 0 atom stereocenters. The molecule has 12 heavy (non-hydrogen) atoms. The number of aromatic nitrogens is 2. The maximum Gasteiger partial charge on any atom is 0.0950 e. The summed E-state index contributed by atoms with van der Waals surface area (Å²) in [7, 11) is 1.92. The van der Waals surface area contributed by atoms with Gasteiger partial charge in [0.1, 0.15) is 0 Å². The van der Waals surface area contributed by atoms with Gasteiger partial charge in [-0.3, -0.25) is 0 Å². The van der Waals surface area contributed by atoms with Crippen molar-refractivity contribution in [2.75, 3.05) is 20.2 Å². The first-order valence-corrected chi connectivity index (χ1v) is 4.13. The summed E-state index contributed by atoms with van der Waals surface area (Å²) in [6.45, 7) is 1.74. The Balaban J connectivity index is 2.41. The van der Waals surface area contributed by atoms with Crippen molar-refractivity contribution >= 4 is 0 Å². The normalized spacial score (nSPS) is 10.5. The maximum absolute atomic E-state index is 8.64. The molecule has 0 spiro atoms. The number of aliphatic hydroxyl groups is 1. The van der Waals surface area contributed by atoms with Gasteiger partial charge in [-0.2, -0.15) is 0 Å². The van der Waals surface area contributed by atoms with E-state index >= 15 is 0 Å². The van der Waals surface area contributed by atoms with Crippen molar-refractivity contribution in [3.8, 4) is 0 Å². The van der Waals surface area contributed by atoms with E-state index in [9.17, 15) is 0 Å². The maximum atomic E-state index is 8.64. The minimum absolute atomic E-state index is 0.168. The summed E-state index contributed by atoms with van der Waals surface area (Å²) in [6, 6.07) is 0. The van der Waals surface area contributed by atoms with Crippen LogP contribution in [0.5, 0.6) is 0 Å². The lowest BCUT2D eigenvalue weighted by atomic mass is 10.3. The van der Waals surface area contributed by atoms with Gasteiger partial charge >= 0.3 is 0 Å². The van der Waals surface area contributed by atoms with E-state index in [4.69, 9.17) is 5.11 Å². The molecular weight excluding hydrogens is 154 g/mol. The van der Waals surface area contributed by atoms with Crippen LogP contribution in [0.2, 0.25) is 0 Å². The Morgan fingerprint density at radius 2 is 2.50 bits per heavy atom. The smallest absolute Gasteiger partial charge is 0.0950 e. The number of hydrogen-bond acceptors (Lipinski definition) is 3. The summed E-state index contributed by atoms with van der Waals surface area (Å²) >= 11 is 0. The zero-order valence-corrected chi connectivity index (χ0v) is 7.32. The van der Waals surface area contributed by atoms with E-state index in [-0.39, 0.29) is 6.61 Å². The minimum Gasteiger partial charge on any atom is -0.395 e. The van der Waals surface area contributed by atoms with E-state index in [1.807, 2.05) is 17.8 Å². The average molecular weight is 169 g/mol. The SMILES string of the molecule is CNCCc1cn(CCO)cn1. The van der Waals surface area contributed by atoms with Gasteiger partial charge in [-0.25, -0.2) is 4.98 Å². The molecule has 1 aromatic rings. The van der Waals surface area contributed by atoms with E-state index in [2.05, 4.69) is 10.3 Å². The summed E-state index contributed by atoms with van der Waals surface area (Å²) < 4.78 is 1.89. The number of aliphatic hydroxyl groups excluding tert-OH is 1. The molecule has 1 aromatic heterocycles. The van der Waals surface area contributed by atoms with Crippen LogP contribution in [0.25, 0.3) is 0 Å². The van der Waals surface area contributed by atoms with E-state index in [0.29, 0.717) is 6.54 Å². The first-order chi connectivity index (χ1) is 5.86. The quantitative estimate of drug-likeness (QED) is 0.632. The van der Waals surface area contributed by atoms with Crippen LogP contribution in [0.15, 0.2) is 12.5 Å². The molecule has 0 saturated carbocycles. The van der Waals surface area contributed by atoms with E-state index < -0.39 is 0 Å². The van der Waals surface area contributed by atoms with Crippen LogP contribution in [0.4, 0.5) is 0 Å². The van der Waals surface area contributed by atoms with Crippen LogP contribution in [0.3, 0.4) is 0 Å². The molecule has 0 unspecified atom stereocenters. The van der Waals surface area contributed by atoms with E-state index in [1.54, 1.807) is 6.33 Å². The van der Waals surface area contributed by atoms with Crippen LogP contribution in [-0.2, 0) is 13.0 Å². The monoisotopic (exact) mass is 169 g/mol. The highest BCUT2D eigenvalue weighted by Gasteiger charge is 1.96. The van der Waals surface area contributed by atoms with Crippen molar-refractivity contribution in [1.29, 1.82) is 0 Å². The summed E-state index contributed by atoms with van der Waals surface area (Å²) in [5.41, 5.74) is 1.07. The molecule has 4 nitrogen and oxygen atoms in total. The fraction of sp³-hybridized carbons (Fsp3) is 0.625. The highest BCUT2D eigenvalue weighted by atomic mass is 16.3. The highest BCUT2D eigenvalue weighted by Crippen LogP contribution is 1.95. The standard InChI is InChI=1S/C8H15N3O/c1-9-3-2-8-6-11(4-5-12)7-10-8/h6-7,9,12H,2-5H2,1H3. The Labute approximate surface area is 72.2 Å². The molecule has 2 N–H and O–H groups in total. The topological polar surface area (TPSA) is 50.1 Å². The zero-order valence-electron chi connectivity index (χ0n) is 7.32. The molecule has 0 amide bonds. The van der Waals surface area contributed by atoms with Gasteiger partial charge in [0, 0.05) is 25.7 Å². The Morgan fingerprint density at radius 3 is 3.17 bits per heavy atom. The number of hydrogen-bond donors (Lipinski definition) is 2. The summed E-state index contributed by atoms with van der Waals surface area (Å²) in [5, 5.41) is 11.7. The number of likely N-dealkylation sites (N-methyl/N-ethyl adjacent to an activating group) is 1. The summed E-state index contributed by atoms with van der Waals surface area (Å²) in [6.07, 6.45) is 4.66. The van der Waals surface area contributed by atoms with Gasteiger partial charge in [0.05, 0.1) is 18.6 Å². The lowest BCUT2D eigenvalue weighted by Crippen LogP contribution is -2.10. The Hall–Kier alpha value is -0.870. The predicted molar refractivity (Wildman–Crippen MR) is 46.9 cm³/mol. The van der Waals surface area contributed by atoms with Crippen molar-refractivity contribution in [3.63, 3.8) is 0 Å². The van der Waals surface area contributed by atoms with Crippen LogP contribution in [0, 0.1) is 0 Å². The molecule has 0 saturated heterocycles. The zero-order chi connectivity index (χ0) is 8.81. The van der Waals surface area contributed by atoms with Crippen molar-refractivity contribution in [2.45, 2.75) is 13.0 Å². The van der Waals surface area contributed by atoms with E-state index in [1.165, 1.54) is 0 Å². The molecule has 0 fully saturated rings. The van der Waals surface area contributed by atoms with Gasteiger partial charge in [-0.15, -0.1) is 0 Å². The Morgan fingerprint density at radius 1 is 1.67 bits per heavy atom. The molecule has 0 aromatic carbocycles. The van der Waals surface area contributed by atoms with Crippen molar-refractivity contribution < 1.29 is 5.11 Å². The lowest BCUT2D eigenvalue weighted by Gasteiger charge is -1.95. The van der Waals surface area contributed by atoms with Crippen molar-refractivity contribution in [3.05, 3.63) is 18.2 Å². The number of rotatable bonds is 5. The van der Waals surface area contributed by atoms with Crippen LogP contribution in [-0.4, -0.2) is 34.9 Å². The largest absolute Gasteiger partial charge is 0.395 e. The highest BCUT2D eigenvalue weighted by molar-refractivity contribution is 4.97. The molecular formula is C8H15N3O. The molecule has 0 aliphatic rings. The van der Waals surface area contributed by atoms with Gasteiger partial charge in [0.2, 0.25) is 0 Å². The number of nitrogens with zero attached hydrogens (tertiary/aromatic N) is 2. The molecule has 1 heterocycles. The molecule has 0 bridgehead atoms. The lowest BCUT2D eigenvalue weighted by molar-refractivity contribution is 0.276. The van der Waals surface area contributed by atoms with Crippen LogP contribution in [0.1, 0.15) is 5.69 Å². The molecule has 68 valence electrons. The van der Waals surface area contributed by atoms with Crippen LogP contribution < -0.4 is 5.32 Å². The Bertz CT molecular complexity index is 222. The third-order valence-corrected chi connectivity index (χ3v) is 1.68. The van der Waals surface area contributed by atoms with E-state index in [0.717, 1.165) is 18.7 Å². The molecule has 0 aliphatic carbocycles. The fourth-order valence-electron chi connectivity index (χ4n) is 1.03. The molecule has 0 radical (unpaired) electrons. The average Bonchev–Trinajstić information content (AvgIpc) is 2.50. The van der Waals surface area contributed by atoms with Crippen molar-refractivity contribution in [1.82, 2.24) is 14.9 Å². The third-order valence-electron chi connectivity index (χ3n) is 1.68. The van der Waals surface area contributed by atoms with Gasteiger partial charge in [0.15, 0.2) is 0 Å². The summed E-state index contributed by atoms with van der Waals surface area (Å²) in [4.78, 5) is 4.18. The van der Waals surface area contributed by atoms with Gasteiger partial charge in [0.25, 0.3) is 0 Å². The minimum atomic E-state index is 0.168. The third kappa shape index (κ3) is 2.64. The van der Waals surface area contributed by atoms with Crippen LogP contribution >= 0.6 is 0 Å². The first kappa shape index (κ1) is 9.22.